The van der Waals surface area contributed by atoms with E-state index in [1.165, 1.54) is 0 Å². The number of unbranched alkanes of at least 4 members (excludes halogenated alkanes) is 1. The summed E-state index contributed by atoms with van der Waals surface area (Å²) in [5, 5.41) is 8.68. The zero-order valence-electron chi connectivity index (χ0n) is 20.0. The van der Waals surface area contributed by atoms with Gasteiger partial charge in [0.2, 0.25) is 11.8 Å². The molecule has 1 aliphatic rings. The lowest BCUT2D eigenvalue weighted by molar-refractivity contribution is -0.140. The van der Waals surface area contributed by atoms with Crippen LogP contribution in [0, 0.1) is 11.3 Å². The molecule has 1 fully saturated rings. The van der Waals surface area contributed by atoms with E-state index in [4.69, 9.17) is 19.7 Å². The number of carbonyl (C=O) groups excluding carboxylic acids is 1. The van der Waals surface area contributed by atoms with Crippen LogP contribution >= 0.6 is 13.5 Å². The van der Waals surface area contributed by atoms with Crippen LogP contribution in [0.2, 0.25) is 0 Å². The molecule has 9 nitrogen and oxygen atoms in total. The minimum absolute atomic E-state index is 0. The van der Waals surface area contributed by atoms with Gasteiger partial charge >= 0.3 is 0 Å². The molecule has 0 bridgehead atoms. The van der Waals surface area contributed by atoms with Crippen LogP contribution in [0.5, 0.6) is 5.88 Å². The Kier molecular flexibility index (Phi) is 9.23. The Morgan fingerprint density at radius 3 is 2.77 bits per heavy atom. The molecule has 0 aliphatic carbocycles. The van der Waals surface area contributed by atoms with Crippen molar-refractivity contribution < 1.29 is 14.3 Å². The molecule has 2 aromatic heterocycles. The highest BCUT2D eigenvalue weighted by Gasteiger charge is 2.25. The molecule has 0 N–H and O–H groups in total. The van der Waals surface area contributed by atoms with Crippen LogP contribution < -0.4 is 9.64 Å². The average Bonchev–Trinajstić information content (AvgIpc) is 2.87. The number of nitriles is 1. The molecule has 1 amide bonds. The summed E-state index contributed by atoms with van der Waals surface area (Å²) in [5.74, 6) is 0.430. The van der Waals surface area contributed by atoms with Crippen LogP contribution in [0.25, 0.3) is 22.3 Å². The number of amides is 1. The number of anilines is 1. The molecule has 0 spiro atoms. The van der Waals surface area contributed by atoms with E-state index in [-0.39, 0.29) is 32.1 Å². The number of hydrogen-bond donors (Lipinski definition) is 0. The fraction of sp³-hybridized carbons (Fsp3) is 0.400. The number of fused-ring (bicyclic) bond motifs is 1. The van der Waals surface area contributed by atoms with Gasteiger partial charge in [0.05, 0.1) is 30.4 Å². The second-order valence-electron chi connectivity index (χ2n) is 8.33. The first-order chi connectivity index (χ1) is 16.5. The highest BCUT2D eigenvalue weighted by atomic mass is 32.1. The lowest BCUT2D eigenvalue weighted by Crippen LogP contribution is -2.47. The van der Waals surface area contributed by atoms with Crippen LogP contribution in [0.15, 0.2) is 42.7 Å². The number of rotatable bonds is 8. The van der Waals surface area contributed by atoms with Gasteiger partial charge in [-0.1, -0.05) is 12.1 Å². The quantitative estimate of drug-likeness (QED) is 0.440. The lowest BCUT2D eigenvalue weighted by atomic mass is 10.1. The molecule has 3 heterocycles. The van der Waals surface area contributed by atoms with E-state index in [2.05, 4.69) is 16.0 Å². The number of nitrogens with zero attached hydrogens (tertiary/aromatic N) is 6. The van der Waals surface area contributed by atoms with Crippen molar-refractivity contribution >= 4 is 36.1 Å². The summed E-state index contributed by atoms with van der Waals surface area (Å²) in [6.45, 7) is 1.68. The zero-order valence-corrected chi connectivity index (χ0v) is 21.0. The molecule has 1 aliphatic heterocycles. The number of benzene rings is 1. The van der Waals surface area contributed by atoms with Gasteiger partial charge < -0.3 is 19.3 Å². The monoisotopic (exact) mass is 494 g/mol. The Labute approximate surface area is 212 Å². The Balaban J connectivity index is 0.00000342. The van der Waals surface area contributed by atoms with Gasteiger partial charge in [0, 0.05) is 57.1 Å². The number of carbonyl (C=O) groups is 1. The van der Waals surface area contributed by atoms with Crippen molar-refractivity contribution in [3.05, 3.63) is 42.7 Å². The number of aromatic nitrogens is 3. The van der Waals surface area contributed by atoms with Crippen LogP contribution in [0.4, 0.5) is 5.69 Å². The van der Waals surface area contributed by atoms with Crippen molar-refractivity contribution in [3.8, 4) is 23.2 Å². The Hall–Kier alpha value is -3.42. The maximum absolute atomic E-state index is 12.4. The van der Waals surface area contributed by atoms with E-state index in [9.17, 15) is 4.79 Å². The molecule has 184 valence electrons. The van der Waals surface area contributed by atoms with Gasteiger partial charge in [-0.15, -0.1) is 0 Å². The summed E-state index contributed by atoms with van der Waals surface area (Å²) >= 11 is 0. The van der Waals surface area contributed by atoms with Crippen molar-refractivity contribution in [2.45, 2.75) is 25.4 Å². The summed E-state index contributed by atoms with van der Waals surface area (Å²) in [7, 11) is 4.00. The van der Waals surface area contributed by atoms with Crippen molar-refractivity contribution in [1.82, 2.24) is 19.9 Å². The summed E-state index contributed by atoms with van der Waals surface area (Å²) < 4.78 is 11.9. The molecule has 1 atom stereocenters. The second-order valence-corrected chi connectivity index (χ2v) is 8.33. The first-order valence-electron chi connectivity index (χ1n) is 11.3. The molecule has 35 heavy (non-hydrogen) atoms. The highest BCUT2D eigenvalue weighted by molar-refractivity contribution is 7.59. The molecular weight excluding hydrogens is 464 g/mol. The minimum Gasteiger partial charge on any atom is -0.473 e. The van der Waals surface area contributed by atoms with Crippen molar-refractivity contribution in [3.63, 3.8) is 0 Å². The molecule has 0 saturated carbocycles. The van der Waals surface area contributed by atoms with Crippen LogP contribution in [-0.4, -0.2) is 72.3 Å². The fourth-order valence-corrected chi connectivity index (χ4v) is 3.82. The molecule has 3 aromatic rings. The number of morpholine rings is 1. The summed E-state index contributed by atoms with van der Waals surface area (Å²) in [5.41, 5.74) is 4.06. The smallest absolute Gasteiger partial charge is 0.242 e. The standard InChI is InChI=1S/C25H28N6O3.H2S/c1-30(2)19-8-6-18(7-9-19)21-15-22-24(28-12-11-27-22)25(29-21)34-17-20-16-31(13-14-33-20)23(32)5-3-4-10-26;/h6-9,11-12,15,20H,3-5,13-14,16-17H2,1-2H3;1H2/t20-;/m0./s1. The Bertz CT molecular complexity index is 1180. The topological polar surface area (TPSA) is 104 Å². The van der Waals surface area contributed by atoms with E-state index in [1.54, 1.807) is 17.3 Å². The molecule has 0 radical (unpaired) electrons. The maximum Gasteiger partial charge on any atom is 0.242 e. The average molecular weight is 495 g/mol. The summed E-state index contributed by atoms with van der Waals surface area (Å²) in [6, 6.07) is 12.1. The highest BCUT2D eigenvalue weighted by Crippen LogP contribution is 2.28. The van der Waals surface area contributed by atoms with E-state index >= 15 is 0 Å². The Morgan fingerprint density at radius 2 is 2.03 bits per heavy atom. The van der Waals surface area contributed by atoms with Gasteiger partial charge in [0.25, 0.3) is 0 Å². The van der Waals surface area contributed by atoms with Gasteiger partial charge in [0.15, 0.2) is 5.52 Å². The molecular formula is C25H30N6O3S. The maximum atomic E-state index is 12.4. The van der Waals surface area contributed by atoms with Crippen LogP contribution in [0.3, 0.4) is 0 Å². The van der Waals surface area contributed by atoms with Crippen molar-refractivity contribution in [1.29, 1.82) is 5.26 Å². The van der Waals surface area contributed by atoms with Gasteiger partial charge in [-0.3, -0.25) is 9.78 Å². The Morgan fingerprint density at radius 1 is 1.26 bits per heavy atom. The predicted molar refractivity (Wildman–Crippen MR) is 139 cm³/mol. The number of pyridine rings is 1. The third-order valence-electron chi connectivity index (χ3n) is 5.68. The van der Waals surface area contributed by atoms with Crippen LogP contribution in [-0.2, 0) is 9.53 Å². The molecule has 0 unspecified atom stereocenters. The second kappa shape index (κ2) is 12.3. The third-order valence-corrected chi connectivity index (χ3v) is 5.68. The first-order valence-corrected chi connectivity index (χ1v) is 11.3. The predicted octanol–water partition coefficient (Wildman–Crippen LogP) is 3.17. The normalized spacial score (nSPS) is 15.2. The fourth-order valence-electron chi connectivity index (χ4n) is 3.82. The molecule has 1 saturated heterocycles. The number of ether oxygens (including phenoxy) is 2. The van der Waals surface area contributed by atoms with Crippen LogP contribution in [0.1, 0.15) is 19.3 Å². The van der Waals surface area contributed by atoms with E-state index in [0.717, 1.165) is 16.9 Å². The van der Waals surface area contributed by atoms with Gasteiger partial charge in [0.1, 0.15) is 12.7 Å². The minimum atomic E-state index is -0.273. The number of hydrogen-bond acceptors (Lipinski definition) is 8. The van der Waals surface area contributed by atoms with E-state index in [0.29, 0.717) is 55.9 Å². The third kappa shape index (κ3) is 6.59. The van der Waals surface area contributed by atoms with E-state index in [1.807, 2.05) is 49.3 Å². The molecule has 4 rings (SSSR count). The van der Waals surface area contributed by atoms with Crippen molar-refractivity contribution in [2.75, 3.05) is 45.3 Å². The largest absolute Gasteiger partial charge is 0.473 e. The van der Waals surface area contributed by atoms with Crippen molar-refractivity contribution in [2.24, 2.45) is 0 Å². The summed E-state index contributed by atoms with van der Waals surface area (Å²) in [4.78, 5) is 29.8. The lowest BCUT2D eigenvalue weighted by Gasteiger charge is -2.32. The van der Waals surface area contributed by atoms with Gasteiger partial charge in [-0.2, -0.15) is 18.8 Å². The molecule has 10 heteroatoms. The zero-order chi connectivity index (χ0) is 23.9. The van der Waals surface area contributed by atoms with Gasteiger partial charge in [-0.25, -0.2) is 9.97 Å². The molecule has 1 aromatic carbocycles. The summed E-state index contributed by atoms with van der Waals surface area (Å²) in [6.07, 6.45) is 4.32. The first kappa shape index (κ1) is 26.2. The van der Waals surface area contributed by atoms with E-state index < -0.39 is 0 Å². The van der Waals surface area contributed by atoms with Gasteiger partial charge in [-0.05, 0) is 24.6 Å². The SMILES string of the molecule is CN(C)c1ccc(-c2cc3nccnc3c(OC[C@@H]3CN(C(=O)CCCC#N)CCO3)n2)cc1.S.